The SMILES string of the molecule is CCCC[N+](CCCC)(C(CC(=O)[O-])C(=O)[O-])C(CC)[Si](OCC)(OCC)OCC. The minimum atomic E-state index is -3.35. The van der Waals surface area contributed by atoms with Crippen molar-refractivity contribution in [3.8, 4) is 0 Å². The molecule has 0 saturated carbocycles. The van der Waals surface area contributed by atoms with Crippen molar-refractivity contribution >= 4 is 20.7 Å². The topological polar surface area (TPSA) is 108 Å². The standard InChI is InChI=1S/C21H43NO7Si/c1-7-13-15-22(16-14-8-2,18(21(25)26)17-20(23)24)19(9-3)30(27-10-4,28-11-5)29-12-6/h18-19H,7-17H2,1-6H3,(H-,23,24,25,26)/p-1. The maximum Gasteiger partial charge on any atom is 0.562 e. The molecule has 0 aliphatic heterocycles. The van der Waals surface area contributed by atoms with Crippen molar-refractivity contribution in [2.45, 2.75) is 91.8 Å². The number of rotatable bonds is 19. The van der Waals surface area contributed by atoms with Gasteiger partial charge in [0.1, 0.15) is 6.04 Å². The summed E-state index contributed by atoms with van der Waals surface area (Å²) in [5, 5.41) is 23.9. The molecule has 0 aliphatic carbocycles. The Labute approximate surface area is 183 Å². The number of unbranched alkanes of at least 4 members (excludes halogenated alkanes) is 2. The molecule has 9 heteroatoms. The normalized spacial score (nSPS) is 14.5. The molecule has 0 aromatic rings. The van der Waals surface area contributed by atoms with Crippen LogP contribution in [0.25, 0.3) is 0 Å². The van der Waals surface area contributed by atoms with Crippen molar-refractivity contribution in [2.75, 3.05) is 32.9 Å². The van der Waals surface area contributed by atoms with Gasteiger partial charge in [0.2, 0.25) is 0 Å². The molecule has 0 saturated heterocycles. The van der Waals surface area contributed by atoms with Gasteiger partial charge in [-0.15, -0.1) is 0 Å². The first-order valence-corrected chi connectivity index (χ1v) is 13.2. The predicted octanol–water partition coefficient (Wildman–Crippen LogP) is 1.03. The first-order chi connectivity index (χ1) is 14.2. The van der Waals surface area contributed by atoms with Gasteiger partial charge in [0.25, 0.3) is 0 Å². The zero-order valence-corrected chi connectivity index (χ0v) is 20.7. The lowest BCUT2D eigenvalue weighted by Gasteiger charge is -2.53. The van der Waals surface area contributed by atoms with Crippen molar-refractivity contribution < 1.29 is 37.6 Å². The Hall–Kier alpha value is -1.00. The third-order valence-corrected chi connectivity index (χ3v) is 9.37. The lowest BCUT2D eigenvalue weighted by molar-refractivity contribution is -0.959. The van der Waals surface area contributed by atoms with E-state index in [4.69, 9.17) is 13.3 Å². The smallest absolute Gasteiger partial charge is 0.550 e. The van der Waals surface area contributed by atoms with Crippen LogP contribution in [0.1, 0.15) is 80.1 Å². The molecule has 0 radical (unpaired) electrons. The van der Waals surface area contributed by atoms with Crippen LogP contribution in [0.4, 0.5) is 0 Å². The second-order valence-corrected chi connectivity index (χ2v) is 10.2. The third kappa shape index (κ3) is 7.60. The molecule has 2 unspecified atom stereocenters. The monoisotopic (exact) mass is 448 g/mol. The van der Waals surface area contributed by atoms with E-state index in [-0.39, 0.29) is 4.48 Å². The fourth-order valence-corrected chi connectivity index (χ4v) is 8.04. The number of carbonyl (C=O) groups excluding carboxylic acids is 2. The minimum absolute atomic E-state index is 0.0285. The number of carboxylic acids is 2. The molecular formula is C21H42NO7Si-. The summed E-state index contributed by atoms with van der Waals surface area (Å²) in [5.41, 5.74) is -0.419. The van der Waals surface area contributed by atoms with Gasteiger partial charge in [0, 0.05) is 38.6 Å². The Kier molecular flexibility index (Phi) is 14.4. The maximum atomic E-state index is 12.3. The summed E-state index contributed by atoms with van der Waals surface area (Å²) in [6.45, 7) is 13.7. The first-order valence-electron chi connectivity index (χ1n) is 11.4. The fraction of sp³-hybridized carbons (Fsp3) is 0.905. The molecule has 0 aromatic carbocycles. The molecule has 0 heterocycles. The van der Waals surface area contributed by atoms with E-state index in [2.05, 4.69) is 0 Å². The molecule has 0 N–H and O–H groups in total. The highest BCUT2D eigenvalue weighted by Crippen LogP contribution is 2.34. The molecule has 2 atom stereocenters. The van der Waals surface area contributed by atoms with Crippen molar-refractivity contribution in [3.05, 3.63) is 0 Å². The van der Waals surface area contributed by atoms with Gasteiger partial charge in [0.15, 0.2) is 5.67 Å². The summed E-state index contributed by atoms with van der Waals surface area (Å²) in [7, 11) is -3.35. The second kappa shape index (κ2) is 14.9. The average Bonchev–Trinajstić information content (AvgIpc) is 2.68. The predicted molar refractivity (Wildman–Crippen MR) is 113 cm³/mol. The van der Waals surface area contributed by atoms with E-state index in [1.807, 2.05) is 41.5 Å². The van der Waals surface area contributed by atoms with Gasteiger partial charge in [-0.05, 0) is 33.6 Å². The number of carbonyl (C=O) groups is 2. The molecule has 0 amide bonds. The molecule has 178 valence electrons. The number of quaternary nitrogens is 1. The summed E-state index contributed by atoms with van der Waals surface area (Å²) in [5.74, 6) is -2.77. The van der Waals surface area contributed by atoms with Gasteiger partial charge in [0.05, 0.1) is 19.1 Å². The summed E-state index contributed by atoms with van der Waals surface area (Å²) in [6.07, 6.45) is 3.11. The lowest BCUT2D eigenvalue weighted by Crippen LogP contribution is -2.76. The Bertz CT molecular complexity index is 479. The number of hydrogen-bond acceptors (Lipinski definition) is 7. The third-order valence-electron chi connectivity index (χ3n) is 5.56. The zero-order chi connectivity index (χ0) is 23.2. The van der Waals surface area contributed by atoms with Crippen LogP contribution < -0.4 is 10.2 Å². The molecule has 0 fully saturated rings. The van der Waals surface area contributed by atoms with Crippen molar-refractivity contribution in [3.63, 3.8) is 0 Å². The molecule has 0 rings (SSSR count). The van der Waals surface area contributed by atoms with E-state index in [1.165, 1.54) is 0 Å². The number of hydrogen-bond donors (Lipinski definition) is 0. The molecule has 30 heavy (non-hydrogen) atoms. The molecule has 8 nitrogen and oxygen atoms in total. The molecule has 0 aromatic heterocycles. The van der Waals surface area contributed by atoms with Crippen LogP contribution in [0, 0.1) is 0 Å². The molecular weight excluding hydrogens is 406 g/mol. The van der Waals surface area contributed by atoms with Crippen LogP contribution in [0.5, 0.6) is 0 Å². The highest BCUT2D eigenvalue weighted by molar-refractivity contribution is 6.62. The Morgan fingerprint density at radius 2 is 1.27 bits per heavy atom. The highest BCUT2D eigenvalue weighted by Gasteiger charge is 2.61. The Morgan fingerprint density at radius 1 is 0.833 bits per heavy atom. The number of aliphatic carboxylic acids is 2. The Balaban J connectivity index is 6.84. The van der Waals surface area contributed by atoms with Crippen LogP contribution >= 0.6 is 0 Å². The van der Waals surface area contributed by atoms with Gasteiger partial charge in [-0.1, -0.05) is 33.6 Å². The second-order valence-electron chi connectivity index (χ2n) is 7.49. The van der Waals surface area contributed by atoms with Crippen molar-refractivity contribution in [1.29, 1.82) is 0 Å². The lowest BCUT2D eigenvalue weighted by atomic mass is 10.0. The van der Waals surface area contributed by atoms with Crippen molar-refractivity contribution in [2.24, 2.45) is 0 Å². The molecule has 0 spiro atoms. The number of carboxylic acid groups (broad SMARTS) is 2. The Morgan fingerprint density at radius 3 is 1.53 bits per heavy atom. The van der Waals surface area contributed by atoms with Gasteiger partial charge in [-0.25, -0.2) is 0 Å². The van der Waals surface area contributed by atoms with Crippen LogP contribution in [0.3, 0.4) is 0 Å². The van der Waals surface area contributed by atoms with Gasteiger partial charge in [-0.3, -0.25) is 0 Å². The van der Waals surface area contributed by atoms with E-state index in [9.17, 15) is 19.8 Å². The molecule has 0 aliphatic rings. The average molecular weight is 449 g/mol. The number of nitrogens with zero attached hydrogens (tertiary/aromatic N) is 1. The summed E-state index contributed by atoms with van der Waals surface area (Å²) in [4.78, 5) is 23.9. The summed E-state index contributed by atoms with van der Waals surface area (Å²) >= 11 is 0. The maximum absolute atomic E-state index is 12.3. The van der Waals surface area contributed by atoms with Crippen LogP contribution in [-0.2, 0) is 22.9 Å². The summed E-state index contributed by atoms with van der Waals surface area (Å²) in [6, 6.07) is -1.26. The van der Waals surface area contributed by atoms with E-state index in [1.54, 1.807) is 0 Å². The fourth-order valence-electron chi connectivity index (χ4n) is 4.44. The van der Waals surface area contributed by atoms with Crippen molar-refractivity contribution in [1.82, 2.24) is 0 Å². The van der Waals surface area contributed by atoms with Gasteiger partial charge in [-0.2, -0.15) is 0 Å². The van der Waals surface area contributed by atoms with Gasteiger partial charge < -0.3 is 37.6 Å². The van der Waals surface area contributed by atoms with E-state index in [0.29, 0.717) is 39.3 Å². The van der Waals surface area contributed by atoms with Crippen LogP contribution in [-0.4, -0.2) is 69.8 Å². The van der Waals surface area contributed by atoms with E-state index >= 15 is 0 Å². The summed E-state index contributed by atoms with van der Waals surface area (Å²) < 4.78 is 18.5. The quantitative estimate of drug-likeness (QED) is 0.214. The highest BCUT2D eigenvalue weighted by atomic mass is 28.4. The van der Waals surface area contributed by atoms with E-state index < -0.39 is 38.9 Å². The first kappa shape index (κ1) is 29.0. The largest absolute Gasteiger partial charge is 0.562 e. The zero-order valence-electron chi connectivity index (χ0n) is 19.7. The molecule has 0 bridgehead atoms. The van der Waals surface area contributed by atoms with Crippen LogP contribution in [0.15, 0.2) is 0 Å². The van der Waals surface area contributed by atoms with Crippen LogP contribution in [0.2, 0.25) is 0 Å². The van der Waals surface area contributed by atoms with Gasteiger partial charge >= 0.3 is 8.80 Å². The minimum Gasteiger partial charge on any atom is -0.550 e. The van der Waals surface area contributed by atoms with E-state index in [0.717, 1.165) is 25.7 Å².